The molecule has 0 aliphatic rings. The first kappa shape index (κ1) is 16.8. The van der Waals surface area contributed by atoms with E-state index in [2.05, 4.69) is 10.4 Å². The summed E-state index contributed by atoms with van der Waals surface area (Å²) in [6.45, 7) is 5.13. The van der Waals surface area contributed by atoms with Crippen LogP contribution in [0.1, 0.15) is 24.2 Å². The molecule has 0 spiro atoms. The summed E-state index contributed by atoms with van der Waals surface area (Å²) >= 11 is 0. The Morgan fingerprint density at radius 1 is 1.22 bits per heavy atom. The van der Waals surface area contributed by atoms with Gasteiger partial charge in [0.1, 0.15) is 6.73 Å². The van der Waals surface area contributed by atoms with E-state index in [1.54, 1.807) is 42.4 Å². The second kappa shape index (κ2) is 8.19. The number of anilines is 1. The zero-order valence-corrected chi connectivity index (χ0v) is 13.5. The highest BCUT2D eigenvalue weighted by molar-refractivity contribution is 6.04. The van der Waals surface area contributed by atoms with Crippen molar-refractivity contribution < 1.29 is 19.0 Å². The molecule has 2 aromatic rings. The normalized spacial score (nSPS) is 10.4. The molecule has 7 heteroatoms. The third-order valence-corrected chi connectivity index (χ3v) is 2.96. The number of carbonyl (C=O) groups excluding carboxylic acids is 1. The molecule has 23 heavy (non-hydrogen) atoms. The minimum atomic E-state index is -0.244. The van der Waals surface area contributed by atoms with E-state index >= 15 is 0 Å². The molecule has 0 bridgehead atoms. The Kier molecular flexibility index (Phi) is 5.99. The maximum absolute atomic E-state index is 12.3. The van der Waals surface area contributed by atoms with E-state index in [1.807, 2.05) is 13.8 Å². The maximum atomic E-state index is 12.3. The Balaban J connectivity index is 2.12. The fourth-order valence-electron chi connectivity index (χ4n) is 2.03. The number of benzene rings is 1. The van der Waals surface area contributed by atoms with Crippen LogP contribution in [0.2, 0.25) is 0 Å². The smallest absolute Gasteiger partial charge is 0.255 e. The minimum Gasteiger partial charge on any atom is -0.490 e. The van der Waals surface area contributed by atoms with E-state index in [9.17, 15) is 4.79 Å². The average molecular weight is 319 g/mol. The second-order valence-electron chi connectivity index (χ2n) is 4.67. The Hall–Kier alpha value is -2.54. The van der Waals surface area contributed by atoms with Crippen LogP contribution in [0.4, 0.5) is 5.69 Å². The summed E-state index contributed by atoms with van der Waals surface area (Å²) in [5.41, 5.74) is 1.08. The monoisotopic (exact) mass is 319 g/mol. The zero-order valence-electron chi connectivity index (χ0n) is 13.5. The third-order valence-electron chi connectivity index (χ3n) is 2.96. The van der Waals surface area contributed by atoms with Gasteiger partial charge in [-0.05, 0) is 32.0 Å². The molecule has 0 unspecified atom stereocenters. The number of nitrogens with one attached hydrogen (secondary N) is 1. The summed E-state index contributed by atoms with van der Waals surface area (Å²) in [5, 5.41) is 6.85. The number of methoxy groups -OCH3 is 1. The van der Waals surface area contributed by atoms with Crippen LogP contribution in [-0.2, 0) is 11.5 Å². The van der Waals surface area contributed by atoms with Crippen LogP contribution in [0, 0.1) is 0 Å². The highest BCUT2D eigenvalue weighted by Gasteiger charge is 2.12. The minimum absolute atomic E-state index is 0.244. The number of hydrogen-bond acceptors (Lipinski definition) is 5. The highest BCUT2D eigenvalue weighted by Crippen LogP contribution is 2.28. The van der Waals surface area contributed by atoms with Gasteiger partial charge >= 0.3 is 0 Å². The van der Waals surface area contributed by atoms with Crippen LogP contribution in [0.5, 0.6) is 11.5 Å². The van der Waals surface area contributed by atoms with Crippen LogP contribution in [0.15, 0.2) is 30.6 Å². The van der Waals surface area contributed by atoms with E-state index in [-0.39, 0.29) is 5.91 Å². The number of hydrogen-bond donors (Lipinski definition) is 1. The van der Waals surface area contributed by atoms with E-state index in [1.165, 1.54) is 0 Å². The van der Waals surface area contributed by atoms with Gasteiger partial charge in [0.2, 0.25) is 0 Å². The topological polar surface area (TPSA) is 74.6 Å². The molecule has 0 radical (unpaired) electrons. The first-order valence-electron chi connectivity index (χ1n) is 7.40. The van der Waals surface area contributed by atoms with E-state index < -0.39 is 0 Å². The third kappa shape index (κ3) is 4.46. The van der Waals surface area contributed by atoms with Gasteiger partial charge in [-0.3, -0.25) is 4.79 Å². The van der Waals surface area contributed by atoms with Crippen molar-refractivity contribution in [1.29, 1.82) is 0 Å². The molecule has 2 rings (SSSR count). The van der Waals surface area contributed by atoms with Crippen LogP contribution in [0.3, 0.4) is 0 Å². The van der Waals surface area contributed by atoms with Gasteiger partial charge in [-0.25, -0.2) is 4.68 Å². The fourth-order valence-corrected chi connectivity index (χ4v) is 2.03. The lowest BCUT2D eigenvalue weighted by Crippen LogP contribution is -2.12. The van der Waals surface area contributed by atoms with Crippen molar-refractivity contribution in [3.05, 3.63) is 36.2 Å². The lowest BCUT2D eigenvalue weighted by atomic mass is 10.2. The van der Waals surface area contributed by atoms with Gasteiger partial charge in [0.05, 0.1) is 31.3 Å². The van der Waals surface area contributed by atoms with Gasteiger partial charge in [-0.15, -0.1) is 0 Å². The van der Waals surface area contributed by atoms with Crippen molar-refractivity contribution in [2.24, 2.45) is 0 Å². The number of amides is 1. The predicted octanol–water partition coefficient (Wildman–Crippen LogP) is 2.54. The fraction of sp³-hybridized carbons (Fsp3) is 0.375. The van der Waals surface area contributed by atoms with Gasteiger partial charge in [0.15, 0.2) is 11.5 Å². The highest BCUT2D eigenvalue weighted by atomic mass is 16.5. The molecule has 0 aliphatic heterocycles. The number of carbonyl (C=O) groups is 1. The predicted molar refractivity (Wildman–Crippen MR) is 86.0 cm³/mol. The summed E-state index contributed by atoms with van der Waals surface area (Å²) in [7, 11) is 1.58. The maximum Gasteiger partial charge on any atom is 0.255 e. The summed E-state index contributed by atoms with van der Waals surface area (Å²) in [6, 6.07) is 5.10. The Bertz CT molecular complexity index is 655. The van der Waals surface area contributed by atoms with Crippen molar-refractivity contribution >= 4 is 11.6 Å². The van der Waals surface area contributed by atoms with Crippen LogP contribution in [0.25, 0.3) is 0 Å². The SMILES string of the molecule is CCOc1ccc(C(=O)Nc2cnn(COC)c2)cc1OCC. The van der Waals surface area contributed by atoms with Gasteiger partial charge in [0, 0.05) is 12.7 Å². The number of nitrogens with zero attached hydrogens (tertiary/aromatic N) is 2. The van der Waals surface area contributed by atoms with Gasteiger partial charge in [-0.2, -0.15) is 5.10 Å². The molecule has 0 aliphatic carbocycles. The van der Waals surface area contributed by atoms with Crippen molar-refractivity contribution in [2.45, 2.75) is 20.6 Å². The van der Waals surface area contributed by atoms with Gasteiger partial charge in [0.25, 0.3) is 5.91 Å². The lowest BCUT2D eigenvalue weighted by molar-refractivity contribution is 0.102. The van der Waals surface area contributed by atoms with Crippen molar-refractivity contribution in [3.63, 3.8) is 0 Å². The molecule has 0 atom stereocenters. The number of ether oxygens (including phenoxy) is 3. The molecule has 1 heterocycles. The Morgan fingerprint density at radius 2 is 1.96 bits per heavy atom. The summed E-state index contributed by atoms with van der Waals surface area (Å²) in [4.78, 5) is 12.3. The number of rotatable bonds is 8. The van der Waals surface area contributed by atoms with Crippen LogP contribution >= 0.6 is 0 Å². The Labute approximate surface area is 135 Å². The first-order chi connectivity index (χ1) is 11.2. The molecule has 1 aromatic heterocycles. The van der Waals surface area contributed by atoms with E-state index in [0.29, 0.717) is 42.7 Å². The van der Waals surface area contributed by atoms with Crippen molar-refractivity contribution in [2.75, 3.05) is 25.6 Å². The molecular formula is C16H21N3O4. The van der Waals surface area contributed by atoms with Gasteiger partial charge < -0.3 is 19.5 Å². The quantitative estimate of drug-likeness (QED) is 0.809. The molecule has 1 aromatic carbocycles. The zero-order chi connectivity index (χ0) is 16.7. The standard InChI is InChI=1S/C16H21N3O4/c1-4-22-14-7-6-12(8-15(14)23-5-2)16(20)18-13-9-17-19(10-13)11-21-3/h6-10H,4-5,11H2,1-3H3,(H,18,20). The van der Waals surface area contributed by atoms with Crippen molar-refractivity contribution in [3.8, 4) is 11.5 Å². The molecule has 1 amide bonds. The molecular weight excluding hydrogens is 298 g/mol. The molecule has 124 valence electrons. The lowest BCUT2D eigenvalue weighted by Gasteiger charge is -2.12. The molecule has 0 saturated carbocycles. The van der Waals surface area contributed by atoms with Gasteiger partial charge in [-0.1, -0.05) is 0 Å². The second-order valence-corrected chi connectivity index (χ2v) is 4.67. The average Bonchev–Trinajstić information content (AvgIpc) is 2.97. The molecule has 0 fully saturated rings. The largest absolute Gasteiger partial charge is 0.490 e. The van der Waals surface area contributed by atoms with E-state index in [4.69, 9.17) is 14.2 Å². The van der Waals surface area contributed by atoms with E-state index in [0.717, 1.165) is 0 Å². The van der Waals surface area contributed by atoms with Crippen LogP contribution < -0.4 is 14.8 Å². The summed E-state index contributed by atoms with van der Waals surface area (Å²) in [5.74, 6) is 0.932. The molecule has 0 saturated heterocycles. The summed E-state index contributed by atoms with van der Waals surface area (Å²) in [6.07, 6.45) is 3.26. The van der Waals surface area contributed by atoms with Crippen molar-refractivity contribution in [1.82, 2.24) is 9.78 Å². The first-order valence-corrected chi connectivity index (χ1v) is 7.40. The Morgan fingerprint density at radius 3 is 2.65 bits per heavy atom. The van der Waals surface area contributed by atoms with Crippen LogP contribution in [-0.4, -0.2) is 36.0 Å². The summed E-state index contributed by atoms with van der Waals surface area (Å²) < 4.78 is 17.6. The number of aromatic nitrogens is 2. The molecule has 1 N–H and O–H groups in total. The molecule has 7 nitrogen and oxygen atoms in total.